The van der Waals surface area contributed by atoms with Gasteiger partial charge < -0.3 is 15.3 Å². The molecule has 30 heavy (non-hydrogen) atoms. The van der Waals surface area contributed by atoms with E-state index in [-0.39, 0.29) is 12.5 Å². The normalized spacial score (nSPS) is 11.6. The molecular formula is C22H22ClN5O2. The minimum atomic E-state index is -0.668. The van der Waals surface area contributed by atoms with E-state index in [1.165, 1.54) is 6.20 Å². The number of hydrogen-bond acceptors (Lipinski definition) is 6. The zero-order valence-electron chi connectivity index (χ0n) is 16.7. The fourth-order valence-electron chi connectivity index (χ4n) is 2.83. The van der Waals surface area contributed by atoms with Crippen molar-refractivity contribution in [1.29, 1.82) is 0 Å². The highest BCUT2D eigenvalue weighted by molar-refractivity contribution is 6.33. The average Bonchev–Trinajstić information content (AvgIpc) is 2.74. The third-order valence-electron chi connectivity index (χ3n) is 4.28. The molecule has 1 unspecified atom stereocenters. The Hall–Kier alpha value is -3.29. The molecule has 8 heteroatoms. The highest BCUT2D eigenvalue weighted by atomic mass is 35.5. The maximum atomic E-state index is 12.8. The number of aliphatic hydroxyl groups is 1. The predicted molar refractivity (Wildman–Crippen MR) is 118 cm³/mol. The van der Waals surface area contributed by atoms with Crippen LogP contribution >= 0.6 is 11.6 Å². The summed E-state index contributed by atoms with van der Waals surface area (Å²) in [5.74, 6) is -0.358. The SMILES string of the molecule is C=C(C)c1cc(N(c2ccncc2)c2ccncc2C(=O)NCC(C)O)c(Cl)cn1. The van der Waals surface area contributed by atoms with E-state index in [2.05, 4.69) is 26.8 Å². The Balaban J connectivity index is 2.18. The number of aliphatic hydroxyl groups excluding tert-OH is 1. The second-order valence-electron chi connectivity index (χ2n) is 6.79. The summed E-state index contributed by atoms with van der Waals surface area (Å²) >= 11 is 6.53. The number of carbonyl (C=O) groups is 1. The predicted octanol–water partition coefficient (Wildman–Crippen LogP) is 4.14. The van der Waals surface area contributed by atoms with Crippen molar-refractivity contribution in [3.8, 4) is 0 Å². The highest BCUT2D eigenvalue weighted by Gasteiger charge is 2.22. The summed E-state index contributed by atoms with van der Waals surface area (Å²) in [6.45, 7) is 7.54. The van der Waals surface area contributed by atoms with Crippen molar-refractivity contribution < 1.29 is 9.90 Å². The topological polar surface area (TPSA) is 91.2 Å². The summed E-state index contributed by atoms with van der Waals surface area (Å²) in [7, 11) is 0. The lowest BCUT2D eigenvalue weighted by Gasteiger charge is -2.28. The first kappa shape index (κ1) is 21.4. The van der Waals surface area contributed by atoms with Gasteiger partial charge in [-0.3, -0.25) is 19.7 Å². The first-order valence-electron chi connectivity index (χ1n) is 9.30. The van der Waals surface area contributed by atoms with Gasteiger partial charge >= 0.3 is 0 Å². The molecule has 3 rings (SSSR count). The summed E-state index contributed by atoms with van der Waals surface area (Å²) in [6, 6.07) is 7.18. The van der Waals surface area contributed by atoms with Gasteiger partial charge in [-0.1, -0.05) is 18.2 Å². The van der Waals surface area contributed by atoms with E-state index in [0.717, 1.165) is 11.3 Å². The van der Waals surface area contributed by atoms with Gasteiger partial charge in [-0.05, 0) is 43.7 Å². The highest BCUT2D eigenvalue weighted by Crippen LogP contribution is 2.40. The molecule has 3 aromatic rings. The quantitative estimate of drug-likeness (QED) is 0.593. The molecule has 1 amide bonds. The number of halogens is 1. The molecule has 7 nitrogen and oxygen atoms in total. The Kier molecular flexibility index (Phi) is 6.76. The van der Waals surface area contributed by atoms with Gasteiger partial charge in [0.05, 0.1) is 33.8 Å². The van der Waals surface area contributed by atoms with Crippen LogP contribution in [0.2, 0.25) is 5.02 Å². The van der Waals surface area contributed by atoms with Crippen LogP contribution in [0.15, 0.2) is 61.8 Å². The van der Waals surface area contributed by atoms with Crippen molar-refractivity contribution in [1.82, 2.24) is 20.3 Å². The Labute approximate surface area is 180 Å². The number of carbonyl (C=O) groups excluding carboxylic acids is 1. The van der Waals surface area contributed by atoms with E-state index in [1.54, 1.807) is 37.8 Å². The van der Waals surface area contributed by atoms with Crippen LogP contribution in [0.3, 0.4) is 0 Å². The summed E-state index contributed by atoms with van der Waals surface area (Å²) in [6.07, 6.45) is 7.29. The fourth-order valence-corrected chi connectivity index (χ4v) is 3.01. The lowest BCUT2D eigenvalue weighted by molar-refractivity contribution is 0.0924. The van der Waals surface area contributed by atoms with Crippen LogP contribution in [-0.4, -0.2) is 38.6 Å². The molecule has 0 spiro atoms. The van der Waals surface area contributed by atoms with Crippen LogP contribution < -0.4 is 10.2 Å². The minimum Gasteiger partial charge on any atom is -0.392 e. The number of pyridine rings is 3. The summed E-state index contributed by atoms with van der Waals surface area (Å²) in [5.41, 5.74) is 3.75. The number of allylic oxidation sites excluding steroid dienone is 1. The van der Waals surface area contributed by atoms with E-state index < -0.39 is 6.10 Å². The Morgan fingerprint density at radius 3 is 2.57 bits per heavy atom. The van der Waals surface area contributed by atoms with Crippen LogP contribution in [0.4, 0.5) is 17.1 Å². The lowest BCUT2D eigenvalue weighted by atomic mass is 10.1. The van der Waals surface area contributed by atoms with E-state index in [4.69, 9.17) is 11.6 Å². The second kappa shape index (κ2) is 9.47. The van der Waals surface area contributed by atoms with Crippen LogP contribution in [0.1, 0.15) is 29.9 Å². The van der Waals surface area contributed by atoms with Gasteiger partial charge in [-0.15, -0.1) is 0 Å². The monoisotopic (exact) mass is 423 g/mol. The van der Waals surface area contributed by atoms with E-state index in [1.807, 2.05) is 30.0 Å². The van der Waals surface area contributed by atoms with Crippen molar-refractivity contribution in [2.45, 2.75) is 20.0 Å². The average molecular weight is 424 g/mol. The molecule has 0 aliphatic heterocycles. The molecule has 0 fully saturated rings. The molecule has 3 heterocycles. The molecule has 154 valence electrons. The van der Waals surface area contributed by atoms with E-state index in [9.17, 15) is 9.90 Å². The smallest absolute Gasteiger partial charge is 0.255 e. The number of hydrogen-bond donors (Lipinski definition) is 2. The minimum absolute atomic E-state index is 0.123. The number of amides is 1. The Bertz CT molecular complexity index is 1060. The molecule has 2 N–H and O–H groups in total. The van der Waals surface area contributed by atoms with Crippen molar-refractivity contribution in [3.05, 3.63) is 78.1 Å². The van der Waals surface area contributed by atoms with Gasteiger partial charge in [-0.25, -0.2) is 0 Å². The van der Waals surface area contributed by atoms with Crippen LogP contribution in [0.5, 0.6) is 0 Å². The summed E-state index contributed by atoms with van der Waals surface area (Å²) < 4.78 is 0. The van der Waals surface area contributed by atoms with Crippen molar-refractivity contribution in [2.75, 3.05) is 11.4 Å². The van der Waals surface area contributed by atoms with Crippen molar-refractivity contribution in [3.63, 3.8) is 0 Å². The lowest BCUT2D eigenvalue weighted by Crippen LogP contribution is -2.31. The summed E-state index contributed by atoms with van der Waals surface area (Å²) in [4.78, 5) is 27.2. The molecule has 3 aromatic heterocycles. The molecule has 0 bridgehead atoms. The van der Waals surface area contributed by atoms with Crippen molar-refractivity contribution in [2.24, 2.45) is 0 Å². The fraction of sp³-hybridized carbons (Fsp3) is 0.182. The van der Waals surface area contributed by atoms with E-state index >= 15 is 0 Å². The third kappa shape index (κ3) is 4.82. The van der Waals surface area contributed by atoms with Gasteiger partial charge in [0, 0.05) is 43.2 Å². The van der Waals surface area contributed by atoms with Gasteiger partial charge in [0.15, 0.2) is 0 Å². The standard InChI is InChI=1S/C22H22ClN5O2/c1-14(2)19-10-21(18(23)13-26-19)28(16-4-7-24-8-5-16)20-6-9-25-12-17(20)22(30)27-11-15(3)29/h4-10,12-13,15,29H,1,11H2,2-3H3,(H,27,30). The molecule has 0 aliphatic carbocycles. The molecule has 0 aliphatic rings. The second-order valence-corrected chi connectivity index (χ2v) is 7.20. The molecule has 0 saturated heterocycles. The van der Waals surface area contributed by atoms with Gasteiger partial charge in [0.1, 0.15) is 0 Å². The zero-order valence-corrected chi connectivity index (χ0v) is 17.5. The summed E-state index contributed by atoms with van der Waals surface area (Å²) in [5, 5.41) is 12.6. The first-order chi connectivity index (χ1) is 14.4. The van der Waals surface area contributed by atoms with Crippen LogP contribution in [-0.2, 0) is 0 Å². The maximum absolute atomic E-state index is 12.8. The Morgan fingerprint density at radius 2 is 1.90 bits per heavy atom. The zero-order chi connectivity index (χ0) is 21.7. The number of aromatic nitrogens is 3. The largest absolute Gasteiger partial charge is 0.392 e. The van der Waals surface area contributed by atoms with E-state index in [0.29, 0.717) is 27.7 Å². The number of anilines is 3. The molecule has 0 radical (unpaired) electrons. The molecular weight excluding hydrogens is 402 g/mol. The van der Waals surface area contributed by atoms with Gasteiger partial charge in [-0.2, -0.15) is 0 Å². The number of nitrogens with zero attached hydrogens (tertiary/aromatic N) is 4. The third-order valence-corrected chi connectivity index (χ3v) is 4.57. The number of rotatable bonds is 7. The first-order valence-corrected chi connectivity index (χ1v) is 9.68. The maximum Gasteiger partial charge on any atom is 0.255 e. The molecule has 1 atom stereocenters. The molecule has 0 aromatic carbocycles. The Morgan fingerprint density at radius 1 is 1.20 bits per heavy atom. The molecule has 0 saturated carbocycles. The van der Waals surface area contributed by atoms with Crippen LogP contribution in [0, 0.1) is 0 Å². The van der Waals surface area contributed by atoms with Gasteiger partial charge in [0.2, 0.25) is 0 Å². The number of nitrogens with one attached hydrogen (secondary N) is 1. The van der Waals surface area contributed by atoms with Crippen molar-refractivity contribution >= 4 is 40.1 Å². The van der Waals surface area contributed by atoms with Gasteiger partial charge in [0.25, 0.3) is 5.91 Å². The van der Waals surface area contributed by atoms with Crippen LogP contribution in [0.25, 0.3) is 5.57 Å².